The Morgan fingerprint density at radius 3 is 0.874 bits per heavy atom. The van der Waals surface area contributed by atoms with E-state index in [1.54, 1.807) is 0 Å². The van der Waals surface area contributed by atoms with Crippen molar-refractivity contribution in [2.24, 2.45) is 0 Å². The van der Waals surface area contributed by atoms with Crippen molar-refractivity contribution < 1.29 is 27.9 Å². The first-order valence-corrected chi connectivity index (χ1v) is 36.3. The van der Waals surface area contributed by atoms with Crippen molar-refractivity contribution in [3.63, 3.8) is 0 Å². The largest absolute Gasteiger partial charge is 0.494 e. The molecule has 0 atom stereocenters. The Bertz CT molecular complexity index is 5370. The summed E-state index contributed by atoms with van der Waals surface area (Å²) in [5.41, 5.74) is 20.7. The predicted molar refractivity (Wildman–Crippen MR) is 424 cm³/mol. The van der Waals surface area contributed by atoms with Gasteiger partial charge in [-0.25, -0.2) is 0 Å². The average Bonchev–Trinajstić information content (AvgIpc) is 1.55. The van der Waals surface area contributed by atoms with Gasteiger partial charge < -0.3 is 37.1 Å². The lowest BCUT2D eigenvalue weighted by Gasteiger charge is -2.33. The highest BCUT2D eigenvalue weighted by Crippen LogP contribution is 2.59. The van der Waals surface area contributed by atoms with E-state index in [1.807, 2.05) is 55.4 Å². The van der Waals surface area contributed by atoms with Crippen LogP contribution >= 0.6 is 0 Å². The number of hydrogen-bond donors (Lipinski definition) is 0. The predicted octanol–water partition coefficient (Wildman–Crippen LogP) is 20.8. The van der Waals surface area contributed by atoms with Crippen molar-refractivity contribution in [2.45, 2.75) is 128 Å². The summed E-state index contributed by atoms with van der Waals surface area (Å²) in [6, 6.07) is 109. The minimum atomic E-state index is -0.476. The first-order chi connectivity index (χ1) is 49.5. The summed E-state index contributed by atoms with van der Waals surface area (Å²) < 4.78 is 41.7. The van der Waals surface area contributed by atoms with Gasteiger partial charge in [0.25, 0.3) is 0 Å². The number of benzene rings is 12. The van der Waals surface area contributed by atoms with Crippen molar-refractivity contribution in [1.29, 1.82) is 0 Å². The molecule has 0 bridgehead atoms. The second kappa shape index (κ2) is 24.4. The van der Waals surface area contributed by atoms with Crippen LogP contribution < -0.4 is 5.46 Å². The summed E-state index contributed by atoms with van der Waals surface area (Å²) in [4.78, 5) is 0. The number of para-hydroxylation sites is 3. The van der Waals surface area contributed by atoms with Crippen molar-refractivity contribution in [3.05, 3.63) is 342 Å². The van der Waals surface area contributed by atoms with Crippen LogP contribution in [0, 0.1) is 0 Å². The van der Waals surface area contributed by atoms with Gasteiger partial charge in [0, 0.05) is 32.9 Å². The molecular weight excluding hydrogens is 1260 g/mol. The maximum Gasteiger partial charge on any atom is 0.494 e. The van der Waals surface area contributed by atoms with E-state index < -0.39 is 37.8 Å². The topological polar surface area (TPSA) is 65.2 Å². The summed E-state index contributed by atoms with van der Waals surface area (Å²) in [6.45, 7) is 24.6. The first kappa shape index (κ1) is 66.4. The van der Waals surface area contributed by atoms with Gasteiger partial charge in [0.15, 0.2) is 0 Å². The van der Waals surface area contributed by atoms with Crippen molar-refractivity contribution >= 4 is 70.2 Å². The van der Waals surface area contributed by atoms with Gasteiger partial charge in [-0.05, 0) is 204 Å². The van der Waals surface area contributed by atoms with Crippen LogP contribution in [0.15, 0.2) is 297 Å². The first-order valence-electron chi connectivity index (χ1n) is 36.3. The van der Waals surface area contributed by atoms with Gasteiger partial charge in [0.05, 0.1) is 66.5 Å². The van der Waals surface area contributed by atoms with Crippen LogP contribution in [-0.4, -0.2) is 63.9 Å². The summed E-state index contributed by atoms with van der Waals surface area (Å²) in [7, 11) is -1.38. The fourth-order valence-electron chi connectivity index (χ4n) is 16.7. The Balaban J connectivity index is 0.000000125. The molecule has 0 saturated carbocycles. The van der Waals surface area contributed by atoms with Crippen LogP contribution in [0.1, 0.15) is 128 Å². The maximum atomic E-state index is 6.49. The standard InChI is InChI=1S/C43H36BNO2.C37H25N.C12H24B2O4/c1-41(2)42(3,4)47-44(46-41)31-23-25-35-34-20-12-14-22-39(34)45(40(35)27-31)32-24-26-38-36(28-32)33-19-11-13-21-37(33)43(38,29-15-7-5-8-16-29)30-17-9-6-10-18-30;1-3-13-26(14-4-1)37(27-15-5-2-6-16-27)33-20-10-7-17-29(33)32-25-28(23-24-34(32)37)38-35-21-11-8-18-30(35)31-19-9-12-22-36(31)38;1-9(2)10(3,4)16-13(15-9)14-17-11(5,6)12(7,8)18-14/h5-28H,1-4H3;1-25H;1-8H3. The van der Waals surface area contributed by atoms with Crippen LogP contribution in [-0.2, 0) is 38.8 Å². The van der Waals surface area contributed by atoms with Gasteiger partial charge >= 0.3 is 21.1 Å². The normalized spacial score (nSPS) is 18.4. The lowest BCUT2D eigenvalue weighted by Crippen LogP contribution is -2.41. The van der Waals surface area contributed by atoms with E-state index in [2.05, 4.69) is 334 Å². The molecule has 0 radical (unpaired) electrons. The second-order valence-electron chi connectivity index (χ2n) is 31.4. The Hall–Kier alpha value is -9.81. The van der Waals surface area contributed by atoms with E-state index in [0.29, 0.717) is 0 Å². The molecule has 14 aromatic rings. The molecule has 5 aliphatic rings. The molecule has 0 spiro atoms. The Morgan fingerprint density at radius 1 is 0.233 bits per heavy atom. The zero-order chi connectivity index (χ0) is 71.1. The molecule has 11 heteroatoms. The van der Waals surface area contributed by atoms with Crippen LogP contribution in [0.25, 0.3) is 77.2 Å². The smallest absolute Gasteiger partial charge is 0.405 e. The fraction of sp³-hybridized carbons (Fsp3) is 0.217. The summed E-state index contributed by atoms with van der Waals surface area (Å²) in [6.07, 6.45) is 0. The van der Waals surface area contributed by atoms with Crippen LogP contribution in [0.4, 0.5) is 0 Å². The van der Waals surface area contributed by atoms with Gasteiger partial charge in [0.1, 0.15) is 0 Å². The molecule has 0 amide bonds. The fourth-order valence-corrected chi connectivity index (χ4v) is 16.7. The molecule has 8 nitrogen and oxygen atoms in total. The Kier molecular flexibility index (Phi) is 15.8. The lowest BCUT2D eigenvalue weighted by atomic mass is 9.49. The third-order valence-corrected chi connectivity index (χ3v) is 24.0. The number of hydrogen-bond acceptors (Lipinski definition) is 6. The molecule has 103 heavy (non-hydrogen) atoms. The second-order valence-corrected chi connectivity index (χ2v) is 31.4. The molecule has 3 aliphatic heterocycles. The minimum absolute atomic E-state index is 0.360. The van der Waals surface area contributed by atoms with Crippen molar-refractivity contribution in [3.8, 4) is 33.6 Å². The van der Waals surface area contributed by atoms with Gasteiger partial charge in [-0.15, -0.1) is 0 Å². The van der Waals surface area contributed by atoms with Gasteiger partial charge in [-0.1, -0.05) is 249 Å². The monoisotopic (exact) mass is 1350 g/mol. The SMILES string of the molecule is CC1(C)OB(B2OC(C)(C)C(C)(C)O2)OC1(C)C.CC1(C)OB(c2ccc3c4ccccc4n(-c4ccc5c(c4)-c4ccccc4C5(c4ccccc4)c4ccccc4)c3c2)OC1(C)C.c1ccc(C2(c3ccccc3)c3ccccc3-c3cc(-n4c5ccccc5c5ccccc54)ccc32)cc1. The molecule has 0 unspecified atom stereocenters. The van der Waals surface area contributed by atoms with E-state index in [-0.39, 0.29) is 27.8 Å². The maximum absolute atomic E-state index is 6.49. The van der Waals surface area contributed by atoms with E-state index in [1.165, 1.54) is 111 Å². The number of aromatic nitrogens is 2. The highest BCUT2D eigenvalue weighted by molar-refractivity contribution is 7.11. The van der Waals surface area contributed by atoms with Gasteiger partial charge in [0.2, 0.25) is 0 Å². The molecule has 3 fully saturated rings. The van der Waals surface area contributed by atoms with E-state index in [0.717, 1.165) is 16.7 Å². The van der Waals surface area contributed by atoms with Crippen molar-refractivity contribution in [1.82, 2.24) is 9.13 Å². The number of fused-ring (bicyclic) bond motifs is 12. The number of nitrogens with zero attached hydrogens (tertiary/aromatic N) is 2. The van der Waals surface area contributed by atoms with Gasteiger partial charge in [-0.2, -0.15) is 0 Å². The average molecular weight is 1350 g/mol. The lowest BCUT2D eigenvalue weighted by molar-refractivity contribution is 0.00578. The van der Waals surface area contributed by atoms with E-state index in [4.69, 9.17) is 27.9 Å². The van der Waals surface area contributed by atoms with Crippen LogP contribution in [0.2, 0.25) is 0 Å². The molecule has 2 aromatic heterocycles. The zero-order valence-electron chi connectivity index (χ0n) is 60.9. The molecule has 2 aliphatic carbocycles. The zero-order valence-corrected chi connectivity index (χ0v) is 60.9. The molecule has 5 heterocycles. The highest BCUT2D eigenvalue weighted by Gasteiger charge is 2.64. The Morgan fingerprint density at radius 2 is 0.515 bits per heavy atom. The molecule has 508 valence electrons. The third-order valence-electron chi connectivity index (χ3n) is 24.0. The quantitative estimate of drug-likeness (QED) is 0.141. The summed E-state index contributed by atoms with van der Waals surface area (Å²) in [5.74, 6) is 0. The number of rotatable bonds is 8. The molecule has 0 N–H and O–H groups in total. The summed E-state index contributed by atoms with van der Waals surface area (Å²) >= 11 is 0. The Labute approximate surface area is 606 Å². The molecule has 12 aromatic carbocycles. The van der Waals surface area contributed by atoms with E-state index in [9.17, 15) is 0 Å². The van der Waals surface area contributed by atoms with Crippen LogP contribution in [0.5, 0.6) is 0 Å². The molecule has 19 rings (SSSR count). The summed E-state index contributed by atoms with van der Waals surface area (Å²) in [5, 5.41) is 5.01. The highest BCUT2D eigenvalue weighted by atomic mass is 16.7. The molecular formula is C92H85B3N2O6. The van der Waals surface area contributed by atoms with Crippen LogP contribution in [0.3, 0.4) is 0 Å². The minimum Gasteiger partial charge on any atom is -0.405 e. The molecule has 3 saturated heterocycles. The van der Waals surface area contributed by atoms with Gasteiger partial charge in [-0.3, -0.25) is 0 Å². The van der Waals surface area contributed by atoms with E-state index >= 15 is 0 Å². The third kappa shape index (κ3) is 10.3. The van der Waals surface area contributed by atoms with Crippen molar-refractivity contribution in [2.75, 3.05) is 0 Å².